The van der Waals surface area contributed by atoms with Crippen molar-refractivity contribution >= 4 is 11.6 Å². The molecule has 0 aromatic heterocycles. The zero-order chi connectivity index (χ0) is 14.4. The van der Waals surface area contributed by atoms with E-state index in [-0.39, 0.29) is 5.91 Å². The van der Waals surface area contributed by atoms with Crippen molar-refractivity contribution in [1.82, 2.24) is 5.32 Å². The van der Waals surface area contributed by atoms with Gasteiger partial charge in [-0.3, -0.25) is 4.79 Å². The molecule has 4 nitrogen and oxygen atoms in total. The number of carbonyl (C=O) groups excluding carboxylic acids is 1. The summed E-state index contributed by atoms with van der Waals surface area (Å²) in [5.74, 6) is 0.179. The molecule has 4 heteroatoms. The van der Waals surface area contributed by atoms with E-state index in [0.29, 0.717) is 17.9 Å². The summed E-state index contributed by atoms with van der Waals surface area (Å²) in [4.78, 5) is 14.0. The molecule has 0 radical (unpaired) electrons. The van der Waals surface area contributed by atoms with Crippen LogP contribution in [0.4, 0.5) is 5.69 Å². The van der Waals surface area contributed by atoms with Crippen molar-refractivity contribution in [3.8, 4) is 6.07 Å². The second-order valence-electron chi connectivity index (χ2n) is 5.23. The molecule has 0 saturated heterocycles. The molecule has 0 saturated carbocycles. The molecule has 0 bridgehead atoms. The topological polar surface area (TPSA) is 56.1 Å². The second kappa shape index (κ2) is 6.79. The lowest BCUT2D eigenvalue weighted by atomic mass is 10.0. The molecule has 1 unspecified atom stereocenters. The Labute approximate surface area is 115 Å². The van der Waals surface area contributed by atoms with E-state index in [1.54, 1.807) is 12.1 Å². The zero-order valence-corrected chi connectivity index (χ0v) is 12.0. The highest BCUT2D eigenvalue weighted by atomic mass is 16.1. The van der Waals surface area contributed by atoms with Crippen LogP contribution in [0.3, 0.4) is 0 Å². The molecule has 0 aliphatic carbocycles. The van der Waals surface area contributed by atoms with Crippen LogP contribution in [0.25, 0.3) is 0 Å². The Kier molecular flexibility index (Phi) is 5.37. The summed E-state index contributed by atoms with van der Waals surface area (Å²) in [6.45, 7) is 4.06. The number of carbonyl (C=O) groups is 1. The Bertz CT molecular complexity index is 457. The van der Waals surface area contributed by atoms with Gasteiger partial charge in [-0.25, -0.2) is 0 Å². The minimum absolute atomic E-state index is 0.197. The lowest BCUT2D eigenvalue weighted by Crippen LogP contribution is -2.34. The molecule has 102 valence electrons. The van der Waals surface area contributed by atoms with Gasteiger partial charge in [0.15, 0.2) is 0 Å². The fraction of sp³-hybridized carbons (Fsp3) is 0.467. The molecule has 0 aliphatic heterocycles. The summed E-state index contributed by atoms with van der Waals surface area (Å²) in [6.07, 6.45) is 0.665. The molecule has 0 spiro atoms. The predicted molar refractivity (Wildman–Crippen MR) is 77.1 cm³/mol. The summed E-state index contributed by atoms with van der Waals surface area (Å²) in [6, 6.07) is 9.01. The third-order valence-electron chi connectivity index (χ3n) is 2.81. The average molecular weight is 259 g/mol. The van der Waals surface area contributed by atoms with E-state index in [0.717, 1.165) is 5.69 Å². The Balaban J connectivity index is 2.70. The van der Waals surface area contributed by atoms with Crippen molar-refractivity contribution in [2.24, 2.45) is 5.92 Å². The molecule has 19 heavy (non-hydrogen) atoms. The number of nitriles is 1. The van der Waals surface area contributed by atoms with E-state index in [2.05, 4.69) is 11.4 Å². The zero-order valence-electron chi connectivity index (χ0n) is 12.0. The minimum Gasteiger partial charge on any atom is -0.378 e. The van der Waals surface area contributed by atoms with Gasteiger partial charge in [-0.15, -0.1) is 0 Å². The van der Waals surface area contributed by atoms with Gasteiger partial charge in [-0.1, -0.05) is 13.8 Å². The molecule has 0 fully saturated rings. The molecule has 0 heterocycles. The Hall–Kier alpha value is -2.02. The quantitative estimate of drug-likeness (QED) is 0.883. The number of rotatable bonds is 5. The van der Waals surface area contributed by atoms with Gasteiger partial charge in [0.25, 0.3) is 5.91 Å². The Morgan fingerprint density at radius 3 is 2.32 bits per heavy atom. The standard InChI is InChI=1S/C15H21N3O/c1-11(2)9-13(10-16)17-15(19)12-5-7-14(8-6-12)18(3)4/h5-8,11,13H,9H2,1-4H3,(H,17,19). The average Bonchev–Trinajstić information content (AvgIpc) is 2.37. The first-order valence-corrected chi connectivity index (χ1v) is 6.42. The Morgan fingerprint density at radius 2 is 1.89 bits per heavy atom. The summed E-state index contributed by atoms with van der Waals surface area (Å²) < 4.78 is 0. The van der Waals surface area contributed by atoms with E-state index in [9.17, 15) is 4.79 Å². The van der Waals surface area contributed by atoms with Crippen LogP contribution < -0.4 is 10.2 Å². The lowest BCUT2D eigenvalue weighted by molar-refractivity contribution is 0.0942. The number of amides is 1. The first-order valence-electron chi connectivity index (χ1n) is 6.42. The van der Waals surface area contributed by atoms with Crippen LogP contribution in [0.2, 0.25) is 0 Å². The summed E-state index contributed by atoms with van der Waals surface area (Å²) in [5, 5.41) is 11.8. The SMILES string of the molecule is CC(C)CC(C#N)NC(=O)c1ccc(N(C)C)cc1. The van der Waals surface area contributed by atoms with Gasteiger partial charge in [0.05, 0.1) is 6.07 Å². The van der Waals surface area contributed by atoms with Crippen molar-refractivity contribution in [3.05, 3.63) is 29.8 Å². The number of anilines is 1. The fourth-order valence-electron chi connectivity index (χ4n) is 1.77. The second-order valence-corrected chi connectivity index (χ2v) is 5.23. The number of nitrogens with zero attached hydrogens (tertiary/aromatic N) is 2. The van der Waals surface area contributed by atoms with Gasteiger partial charge in [0.2, 0.25) is 0 Å². The molecule has 1 amide bonds. The predicted octanol–water partition coefficient (Wildman–Crippen LogP) is 2.42. The maximum atomic E-state index is 12.0. The van der Waals surface area contributed by atoms with E-state index in [4.69, 9.17) is 5.26 Å². The van der Waals surface area contributed by atoms with Gasteiger partial charge in [-0.2, -0.15) is 5.26 Å². The van der Waals surface area contributed by atoms with Crippen molar-refractivity contribution in [2.75, 3.05) is 19.0 Å². The number of nitrogens with one attached hydrogen (secondary N) is 1. The van der Waals surface area contributed by atoms with Gasteiger partial charge in [0.1, 0.15) is 6.04 Å². The monoisotopic (exact) mass is 259 g/mol. The van der Waals surface area contributed by atoms with Crippen molar-refractivity contribution in [3.63, 3.8) is 0 Å². The van der Waals surface area contributed by atoms with E-state index < -0.39 is 6.04 Å². The normalized spacial score (nSPS) is 11.8. The molecule has 0 aliphatic rings. The molecule has 1 aromatic carbocycles. The van der Waals surface area contributed by atoms with Crippen molar-refractivity contribution in [2.45, 2.75) is 26.3 Å². The van der Waals surface area contributed by atoms with Crippen LogP contribution in [-0.4, -0.2) is 26.0 Å². The van der Waals surface area contributed by atoms with Crippen LogP contribution >= 0.6 is 0 Å². The van der Waals surface area contributed by atoms with Gasteiger partial charge >= 0.3 is 0 Å². The third kappa shape index (κ3) is 4.63. The van der Waals surface area contributed by atoms with E-state index in [1.807, 2.05) is 45.0 Å². The summed E-state index contributed by atoms with van der Waals surface area (Å²) >= 11 is 0. The largest absolute Gasteiger partial charge is 0.378 e. The maximum absolute atomic E-state index is 12.0. The van der Waals surface area contributed by atoms with Crippen LogP contribution in [0.1, 0.15) is 30.6 Å². The number of hydrogen-bond acceptors (Lipinski definition) is 3. The van der Waals surface area contributed by atoms with Crippen molar-refractivity contribution < 1.29 is 4.79 Å². The maximum Gasteiger partial charge on any atom is 0.252 e. The van der Waals surface area contributed by atoms with Gasteiger partial charge in [-0.05, 0) is 36.6 Å². The lowest BCUT2D eigenvalue weighted by Gasteiger charge is -2.15. The van der Waals surface area contributed by atoms with Crippen molar-refractivity contribution in [1.29, 1.82) is 5.26 Å². The summed E-state index contributed by atoms with van der Waals surface area (Å²) in [5.41, 5.74) is 1.62. The number of hydrogen-bond donors (Lipinski definition) is 1. The van der Waals surface area contributed by atoms with Crippen LogP contribution in [0.15, 0.2) is 24.3 Å². The van der Waals surface area contributed by atoms with E-state index in [1.165, 1.54) is 0 Å². The molecule has 1 N–H and O–H groups in total. The fourth-order valence-corrected chi connectivity index (χ4v) is 1.77. The molecule has 1 aromatic rings. The van der Waals surface area contributed by atoms with E-state index >= 15 is 0 Å². The third-order valence-corrected chi connectivity index (χ3v) is 2.81. The molecular weight excluding hydrogens is 238 g/mol. The highest BCUT2D eigenvalue weighted by Crippen LogP contribution is 2.12. The molecular formula is C15H21N3O. The van der Waals surface area contributed by atoms with Crippen LogP contribution in [-0.2, 0) is 0 Å². The summed E-state index contributed by atoms with van der Waals surface area (Å²) in [7, 11) is 3.90. The smallest absolute Gasteiger partial charge is 0.252 e. The minimum atomic E-state index is -0.430. The first-order chi connectivity index (χ1) is 8.93. The van der Waals surface area contributed by atoms with Crippen LogP contribution in [0.5, 0.6) is 0 Å². The molecule has 1 rings (SSSR count). The highest BCUT2D eigenvalue weighted by molar-refractivity contribution is 5.94. The highest BCUT2D eigenvalue weighted by Gasteiger charge is 2.14. The number of benzene rings is 1. The molecule has 1 atom stereocenters. The van der Waals surface area contributed by atoms with Gasteiger partial charge < -0.3 is 10.2 Å². The first kappa shape index (κ1) is 15.0. The Morgan fingerprint density at radius 1 is 1.32 bits per heavy atom. The van der Waals surface area contributed by atoms with Crippen LogP contribution in [0, 0.1) is 17.2 Å². The van der Waals surface area contributed by atoms with Gasteiger partial charge in [0, 0.05) is 25.3 Å².